The van der Waals surface area contributed by atoms with Crippen LogP contribution in [-0.2, 0) is 17.9 Å². The minimum absolute atomic E-state index is 0.173. The van der Waals surface area contributed by atoms with Crippen LogP contribution in [0, 0.1) is 5.82 Å². The Morgan fingerprint density at radius 3 is 2.79 bits per heavy atom. The third-order valence-electron chi connectivity index (χ3n) is 3.63. The molecule has 1 aliphatic heterocycles. The predicted octanol–water partition coefficient (Wildman–Crippen LogP) is 2.16. The van der Waals surface area contributed by atoms with Crippen molar-refractivity contribution in [3.63, 3.8) is 0 Å². The van der Waals surface area contributed by atoms with Gasteiger partial charge in [-0.1, -0.05) is 6.07 Å². The normalized spacial score (nSPS) is 17.8. The molecule has 0 unspecified atom stereocenters. The van der Waals surface area contributed by atoms with Crippen LogP contribution in [0.3, 0.4) is 0 Å². The number of hydrogen-bond donors (Lipinski definition) is 1. The average Bonchev–Trinajstić information content (AvgIpc) is 2.41. The highest BCUT2D eigenvalue weighted by Crippen LogP contribution is 2.17. The summed E-state index contributed by atoms with van der Waals surface area (Å²) in [6.45, 7) is 3.25. The van der Waals surface area contributed by atoms with Gasteiger partial charge >= 0.3 is 0 Å². The standard InChI is InChI=1S/C15H23FN2O/c1-17-10-12-3-4-15(16)13(9-12)11-19-14-5-7-18(2)8-6-14/h3-4,9,14,17H,5-8,10-11H2,1-2H3. The summed E-state index contributed by atoms with van der Waals surface area (Å²) in [4.78, 5) is 2.30. The lowest BCUT2D eigenvalue weighted by molar-refractivity contribution is 0.00103. The van der Waals surface area contributed by atoms with Crippen LogP contribution < -0.4 is 5.32 Å². The van der Waals surface area contributed by atoms with E-state index in [9.17, 15) is 4.39 Å². The number of piperidine rings is 1. The molecule has 0 amide bonds. The second-order valence-corrected chi connectivity index (χ2v) is 5.27. The molecule has 1 aromatic carbocycles. The Bertz CT molecular complexity index is 403. The van der Waals surface area contributed by atoms with Crippen molar-refractivity contribution in [3.05, 3.63) is 35.1 Å². The SMILES string of the molecule is CNCc1ccc(F)c(COC2CCN(C)CC2)c1. The first kappa shape index (κ1) is 14.4. The van der Waals surface area contributed by atoms with Crippen molar-refractivity contribution in [2.45, 2.75) is 32.1 Å². The van der Waals surface area contributed by atoms with Crippen LogP contribution in [0.5, 0.6) is 0 Å². The molecule has 1 saturated heterocycles. The van der Waals surface area contributed by atoms with Gasteiger partial charge in [-0.3, -0.25) is 0 Å². The third kappa shape index (κ3) is 4.27. The molecule has 0 bridgehead atoms. The molecular weight excluding hydrogens is 243 g/mol. The molecule has 0 atom stereocenters. The summed E-state index contributed by atoms with van der Waals surface area (Å²) in [5.74, 6) is -0.173. The van der Waals surface area contributed by atoms with E-state index < -0.39 is 0 Å². The minimum atomic E-state index is -0.173. The Kier molecular flexibility index (Phi) is 5.31. The Hall–Kier alpha value is -0.970. The molecular formula is C15H23FN2O. The first-order valence-corrected chi connectivity index (χ1v) is 6.91. The van der Waals surface area contributed by atoms with E-state index in [0.29, 0.717) is 12.2 Å². The van der Waals surface area contributed by atoms with Gasteiger partial charge in [-0.05, 0) is 44.6 Å². The van der Waals surface area contributed by atoms with Gasteiger partial charge in [0.25, 0.3) is 0 Å². The molecule has 3 nitrogen and oxygen atoms in total. The quantitative estimate of drug-likeness (QED) is 0.884. The first-order valence-electron chi connectivity index (χ1n) is 6.91. The number of nitrogens with zero attached hydrogens (tertiary/aromatic N) is 1. The summed E-state index contributed by atoms with van der Waals surface area (Å²) in [5.41, 5.74) is 1.75. The Morgan fingerprint density at radius 1 is 1.37 bits per heavy atom. The molecule has 0 saturated carbocycles. The second-order valence-electron chi connectivity index (χ2n) is 5.27. The van der Waals surface area contributed by atoms with Gasteiger partial charge in [0.05, 0.1) is 12.7 Å². The van der Waals surface area contributed by atoms with E-state index in [0.717, 1.165) is 38.0 Å². The molecule has 106 valence electrons. The van der Waals surface area contributed by atoms with E-state index in [2.05, 4.69) is 17.3 Å². The highest BCUT2D eigenvalue weighted by Gasteiger charge is 2.17. The summed E-state index contributed by atoms with van der Waals surface area (Å²) < 4.78 is 19.6. The molecule has 0 spiro atoms. The number of likely N-dealkylation sites (tertiary alicyclic amines) is 1. The molecule has 0 aliphatic carbocycles. The number of nitrogens with one attached hydrogen (secondary N) is 1. The fourth-order valence-corrected chi connectivity index (χ4v) is 2.41. The molecule has 1 heterocycles. The van der Waals surface area contributed by atoms with Crippen LogP contribution in [0.25, 0.3) is 0 Å². The van der Waals surface area contributed by atoms with Crippen LogP contribution in [0.4, 0.5) is 4.39 Å². The van der Waals surface area contributed by atoms with Crippen LogP contribution in [0.2, 0.25) is 0 Å². The topological polar surface area (TPSA) is 24.5 Å². The van der Waals surface area contributed by atoms with Gasteiger partial charge in [-0.25, -0.2) is 4.39 Å². The van der Waals surface area contributed by atoms with Gasteiger partial charge in [-0.15, -0.1) is 0 Å². The summed E-state index contributed by atoms with van der Waals surface area (Å²) in [7, 11) is 4.01. The smallest absolute Gasteiger partial charge is 0.128 e. The Balaban J connectivity index is 1.89. The van der Waals surface area contributed by atoms with Gasteiger partial charge in [0.1, 0.15) is 5.82 Å². The van der Waals surface area contributed by atoms with Gasteiger partial charge in [0.2, 0.25) is 0 Å². The van der Waals surface area contributed by atoms with E-state index in [1.165, 1.54) is 6.07 Å². The summed E-state index contributed by atoms with van der Waals surface area (Å²) in [6.07, 6.45) is 2.34. The maximum atomic E-state index is 13.7. The third-order valence-corrected chi connectivity index (χ3v) is 3.63. The van der Waals surface area contributed by atoms with E-state index in [4.69, 9.17) is 4.74 Å². The molecule has 0 radical (unpaired) electrons. The van der Waals surface area contributed by atoms with Crippen molar-refractivity contribution in [1.29, 1.82) is 0 Å². The van der Waals surface area contributed by atoms with Crippen molar-refractivity contribution in [1.82, 2.24) is 10.2 Å². The lowest BCUT2D eigenvalue weighted by Gasteiger charge is -2.29. The summed E-state index contributed by atoms with van der Waals surface area (Å²) in [5, 5.41) is 3.07. The summed E-state index contributed by atoms with van der Waals surface area (Å²) in [6, 6.07) is 5.23. The van der Waals surface area contributed by atoms with Gasteiger partial charge < -0.3 is 15.0 Å². The van der Waals surface area contributed by atoms with Gasteiger partial charge in [-0.2, -0.15) is 0 Å². The fraction of sp³-hybridized carbons (Fsp3) is 0.600. The maximum absolute atomic E-state index is 13.7. The molecule has 1 fully saturated rings. The van der Waals surface area contributed by atoms with E-state index in [-0.39, 0.29) is 11.9 Å². The lowest BCUT2D eigenvalue weighted by atomic mass is 10.1. The number of rotatable bonds is 5. The highest BCUT2D eigenvalue weighted by molar-refractivity contribution is 5.24. The highest BCUT2D eigenvalue weighted by atomic mass is 19.1. The van der Waals surface area contributed by atoms with E-state index in [1.54, 1.807) is 0 Å². The zero-order valence-electron chi connectivity index (χ0n) is 11.8. The van der Waals surface area contributed by atoms with Crippen LogP contribution in [0.15, 0.2) is 18.2 Å². The average molecular weight is 266 g/mol. The zero-order valence-corrected chi connectivity index (χ0v) is 11.8. The largest absolute Gasteiger partial charge is 0.373 e. The molecule has 0 aromatic heterocycles. The molecule has 2 rings (SSSR count). The molecule has 4 heteroatoms. The van der Waals surface area contributed by atoms with Crippen molar-refractivity contribution >= 4 is 0 Å². The molecule has 19 heavy (non-hydrogen) atoms. The second kappa shape index (κ2) is 6.98. The van der Waals surface area contributed by atoms with Crippen LogP contribution >= 0.6 is 0 Å². The zero-order chi connectivity index (χ0) is 13.7. The Morgan fingerprint density at radius 2 is 2.11 bits per heavy atom. The molecule has 1 N–H and O–H groups in total. The molecule has 1 aliphatic rings. The lowest BCUT2D eigenvalue weighted by Crippen LogP contribution is -2.34. The van der Waals surface area contributed by atoms with Gasteiger partial charge in [0.15, 0.2) is 0 Å². The summed E-state index contributed by atoms with van der Waals surface area (Å²) >= 11 is 0. The van der Waals surface area contributed by atoms with E-state index >= 15 is 0 Å². The number of ether oxygens (including phenoxy) is 1. The van der Waals surface area contributed by atoms with Crippen molar-refractivity contribution in [2.75, 3.05) is 27.2 Å². The van der Waals surface area contributed by atoms with Crippen LogP contribution in [-0.4, -0.2) is 38.2 Å². The van der Waals surface area contributed by atoms with Crippen LogP contribution in [0.1, 0.15) is 24.0 Å². The Labute approximate surface area is 114 Å². The maximum Gasteiger partial charge on any atom is 0.128 e. The number of halogens is 1. The van der Waals surface area contributed by atoms with E-state index in [1.807, 2.05) is 19.2 Å². The van der Waals surface area contributed by atoms with Crippen molar-refractivity contribution in [2.24, 2.45) is 0 Å². The van der Waals surface area contributed by atoms with Gasteiger partial charge in [0, 0.05) is 25.2 Å². The first-order chi connectivity index (χ1) is 9.19. The van der Waals surface area contributed by atoms with Crippen molar-refractivity contribution < 1.29 is 9.13 Å². The molecule has 1 aromatic rings. The minimum Gasteiger partial charge on any atom is -0.373 e. The monoisotopic (exact) mass is 266 g/mol. The number of benzene rings is 1. The fourth-order valence-electron chi connectivity index (χ4n) is 2.41. The number of hydrogen-bond acceptors (Lipinski definition) is 3. The van der Waals surface area contributed by atoms with Crippen molar-refractivity contribution in [3.8, 4) is 0 Å². The predicted molar refractivity (Wildman–Crippen MR) is 74.5 cm³/mol.